The van der Waals surface area contributed by atoms with Gasteiger partial charge in [0.2, 0.25) is 0 Å². The standard InChI is InChI=1S/C11H13N3O4/c1-2-16-10(15)9-7-18-11(13-9)14-3-4-17-8(5-12)6-14/h7-8H,2-4,6H2,1H3. The summed E-state index contributed by atoms with van der Waals surface area (Å²) in [5.41, 5.74) is 0.131. The normalized spacial score (nSPS) is 19.3. The molecule has 1 aromatic heterocycles. The molecule has 1 fully saturated rings. The number of rotatable bonds is 3. The SMILES string of the molecule is CCOC(=O)c1coc(N2CCOC(C#N)C2)n1. The van der Waals surface area contributed by atoms with E-state index < -0.39 is 12.1 Å². The molecule has 7 heteroatoms. The molecule has 0 spiro atoms. The molecule has 1 aromatic rings. The zero-order chi connectivity index (χ0) is 13.0. The van der Waals surface area contributed by atoms with Gasteiger partial charge in [0.1, 0.15) is 6.26 Å². The van der Waals surface area contributed by atoms with Gasteiger partial charge < -0.3 is 18.8 Å². The van der Waals surface area contributed by atoms with Crippen LogP contribution in [0.4, 0.5) is 6.01 Å². The van der Waals surface area contributed by atoms with Gasteiger partial charge in [-0.15, -0.1) is 0 Å². The minimum atomic E-state index is -0.516. The van der Waals surface area contributed by atoms with Crippen molar-refractivity contribution in [1.29, 1.82) is 5.26 Å². The Morgan fingerprint density at radius 2 is 2.61 bits per heavy atom. The predicted octanol–water partition coefficient (Wildman–Crippen LogP) is 0.580. The number of esters is 1. The number of morpholine rings is 1. The third kappa shape index (κ3) is 2.60. The molecule has 1 unspecified atom stereocenters. The maximum absolute atomic E-state index is 11.4. The third-order valence-corrected chi connectivity index (χ3v) is 2.46. The van der Waals surface area contributed by atoms with Crippen molar-refractivity contribution in [3.8, 4) is 6.07 Å². The number of nitriles is 1. The monoisotopic (exact) mass is 251 g/mol. The number of aromatic nitrogens is 1. The average Bonchev–Trinajstić information content (AvgIpc) is 2.89. The molecule has 1 saturated heterocycles. The fraction of sp³-hybridized carbons (Fsp3) is 0.545. The predicted molar refractivity (Wildman–Crippen MR) is 60.0 cm³/mol. The Morgan fingerprint density at radius 1 is 1.78 bits per heavy atom. The summed E-state index contributed by atoms with van der Waals surface area (Å²) in [6.45, 7) is 3.38. The van der Waals surface area contributed by atoms with Crippen molar-refractivity contribution in [3.05, 3.63) is 12.0 Å². The van der Waals surface area contributed by atoms with Crippen LogP contribution in [-0.4, -0.2) is 43.4 Å². The summed E-state index contributed by atoms with van der Waals surface area (Å²) >= 11 is 0. The summed E-state index contributed by atoms with van der Waals surface area (Å²) < 4.78 is 15.2. The molecular formula is C11H13N3O4. The van der Waals surface area contributed by atoms with Gasteiger partial charge in [0.25, 0.3) is 6.01 Å². The summed E-state index contributed by atoms with van der Waals surface area (Å²) in [6, 6.07) is 2.34. The van der Waals surface area contributed by atoms with Crippen molar-refractivity contribution < 1.29 is 18.7 Å². The number of carbonyl (C=O) groups is 1. The summed E-state index contributed by atoms with van der Waals surface area (Å²) in [5.74, 6) is -0.516. The van der Waals surface area contributed by atoms with Crippen molar-refractivity contribution in [2.45, 2.75) is 13.0 Å². The molecule has 0 aromatic carbocycles. The third-order valence-electron chi connectivity index (χ3n) is 2.46. The van der Waals surface area contributed by atoms with E-state index in [1.807, 2.05) is 6.07 Å². The summed E-state index contributed by atoms with van der Waals surface area (Å²) in [6.07, 6.45) is 0.751. The second-order valence-corrected chi connectivity index (χ2v) is 3.67. The number of nitrogens with zero attached hydrogens (tertiary/aromatic N) is 3. The van der Waals surface area contributed by atoms with E-state index in [2.05, 4.69) is 4.98 Å². The lowest BCUT2D eigenvalue weighted by Crippen LogP contribution is -2.42. The first-order valence-corrected chi connectivity index (χ1v) is 5.63. The zero-order valence-corrected chi connectivity index (χ0v) is 9.96. The Bertz CT molecular complexity index is 465. The van der Waals surface area contributed by atoms with E-state index in [4.69, 9.17) is 19.2 Å². The van der Waals surface area contributed by atoms with Crippen LogP contribution >= 0.6 is 0 Å². The number of anilines is 1. The minimum Gasteiger partial charge on any atom is -0.461 e. The highest BCUT2D eigenvalue weighted by molar-refractivity contribution is 5.87. The fourth-order valence-corrected chi connectivity index (χ4v) is 1.61. The fourth-order valence-electron chi connectivity index (χ4n) is 1.61. The van der Waals surface area contributed by atoms with Crippen LogP contribution in [-0.2, 0) is 9.47 Å². The van der Waals surface area contributed by atoms with Crippen LogP contribution in [0.15, 0.2) is 10.7 Å². The van der Waals surface area contributed by atoms with E-state index in [1.54, 1.807) is 11.8 Å². The smallest absolute Gasteiger partial charge is 0.360 e. The van der Waals surface area contributed by atoms with Crippen molar-refractivity contribution in [2.75, 3.05) is 31.2 Å². The number of carbonyl (C=O) groups excluding carboxylic acids is 1. The second kappa shape index (κ2) is 5.51. The Labute approximate surface area is 104 Å². The minimum absolute atomic E-state index is 0.131. The van der Waals surface area contributed by atoms with E-state index in [1.165, 1.54) is 6.26 Å². The Hall–Kier alpha value is -2.07. The van der Waals surface area contributed by atoms with Gasteiger partial charge in [0.15, 0.2) is 11.8 Å². The van der Waals surface area contributed by atoms with Crippen LogP contribution in [0.2, 0.25) is 0 Å². The second-order valence-electron chi connectivity index (χ2n) is 3.67. The number of oxazole rings is 1. The Balaban J connectivity index is 2.05. The van der Waals surface area contributed by atoms with E-state index in [0.29, 0.717) is 25.7 Å². The van der Waals surface area contributed by atoms with Gasteiger partial charge in [-0.3, -0.25) is 0 Å². The molecular weight excluding hydrogens is 238 g/mol. The van der Waals surface area contributed by atoms with Gasteiger partial charge in [-0.1, -0.05) is 0 Å². The summed E-state index contributed by atoms with van der Waals surface area (Å²) in [5, 5.41) is 8.79. The summed E-state index contributed by atoms with van der Waals surface area (Å²) in [4.78, 5) is 17.2. The number of ether oxygens (including phenoxy) is 2. The van der Waals surface area contributed by atoms with Gasteiger partial charge in [0, 0.05) is 6.54 Å². The first kappa shape index (κ1) is 12.4. The maximum atomic E-state index is 11.4. The lowest BCUT2D eigenvalue weighted by atomic mass is 10.3. The van der Waals surface area contributed by atoms with Gasteiger partial charge in [-0.05, 0) is 6.92 Å². The molecule has 18 heavy (non-hydrogen) atoms. The van der Waals surface area contributed by atoms with Gasteiger partial charge in [-0.25, -0.2) is 4.79 Å². The van der Waals surface area contributed by atoms with Crippen LogP contribution < -0.4 is 4.90 Å². The quantitative estimate of drug-likeness (QED) is 0.726. The van der Waals surface area contributed by atoms with Crippen LogP contribution in [0.3, 0.4) is 0 Å². The van der Waals surface area contributed by atoms with E-state index in [-0.39, 0.29) is 12.3 Å². The summed E-state index contributed by atoms with van der Waals surface area (Å²) in [7, 11) is 0. The molecule has 1 aliphatic rings. The number of hydrogen-bond acceptors (Lipinski definition) is 7. The molecule has 0 aliphatic carbocycles. The first-order valence-electron chi connectivity index (χ1n) is 5.63. The average molecular weight is 251 g/mol. The van der Waals surface area contributed by atoms with Crippen LogP contribution in [0.1, 0.15) is 17.4 Å². The van der Waals surface area contributed by atoms with Crippen molar-refractivity contribution in [3.63, 3.8) is 0 Å². The van der Waals surface area contributed by atoms with Crippen molar-refractivity contribution in [1.82, 2.24) is 4.98 Å². The van der Waals surface area contributed by atoms with Gasteiger partial charge >= 0.3 is 5.97 Å². The molecule has 0 bridgehead atoms. The molecule has 96 valence electrons. The molecule has 1 aliphatic heterocycles. The van der Waals surface area contributed by atoms with Crippen LogP contribution in [0.5, 0.6) is 0 Å². The first-order chi connectivity index (χ1) is 8.74. The Morgan fingerprint density at radius 3 is 3.33 bits per heavy atom. The number of hydrogen-bond donors (Lipinski definition) is 0. The molecule has 0 radical (unpaired) electrons. The zero-order valence-electron chi connectivity index (χ0n) is 9.96. The molecule has 0 N–H and O–H groups in total. The molecule has 0 saturated carbocycles. The van der Waals surface area contributed by atoms with E-state index >= 15 is 0 Å². The topological polar surface area (TPSA) is 88.6 Å². The van der Waals surface area contributed by atoms with E-state index in [9.17, 15) is 4.79 Å². The molecule has 2 rings (SSSR count). The van der Waals surface area contributed by atoms with Crippen molar-refractivity contribution >= 4 is 12.0 Å². The van der Waals surface area contributed by atoms with Crippen molar-refractivity contribution in [2.24, 2.45) is 0 Å². The van der Waals surface area contributed by atoms with Crippen LogP contribution in [0, 0.1) is 11.3 Å². The lowest BCUT2D eigenvalue weighted by molar-refractivity contribution is 0.0519. The highest BCUT2D eigenvalue weighted by Gasteiger charge is 2.24. The lowest BCUT2D eigenvalue weighted by Gasteiger charge is -2.28. The van der Waals surface area contributed by atoms with E-state index in [0.717, 1.165) is 0 Å². The Kier molecular flexibility index (Phi) is 3.79. The van der Waals surface area contributed by atoms with Gasteiger partial charge in [-0.2, -0.15) is 10.2 Å². The largest absolute Gasteiger partial charge is 0.461 e. The molecule has 7 nitrogen and oxygen atoms in total. The molecule has 1 atom stereocenters. The molecule has 2 heterocycles. The highest BCUT2D eigenvalue weighted by Crippen LogP contribution is 2.17. The van der Waals surface area contributed by atoms with Gasteiger partial charge in [0.05, 0.1) is 25.8 Å². The highest BCUT2D eigenvalue weighted by atomic mass is 16.5. The molecule has 0 amide bonds. The van der Waals surface area contributed by atoms with Crippen LogP contribution in [0.25, 0.3) is 0 Å². The maximum Gasteiger partial charge on any atom is 0.360 e.